The first kappa shape index (κ1) is 18.6. The molecule has 0 spiro atoms. The third kappa shape index (κ3) is 5.73. The zero-order valence-electron chi connectivity index (χ0n) is 13.6. The van der Waals surface area contributed by atoms with Crippen LogP contribution in [0.2, 0.25) is 0 Å². The molecule has 0 unspecified atom stereocenters. The Balaban J connectivity index is 2.57. The number of nitrogens with one attached hydrogen (secondary N) is 1. The molecule has 0 aromatic carbocycles. The standard InChI is InChI=1S/C15H25N3O3S/c1-12(2)7-8-13(3)17-15(19)11-18(4)22(20,21)14-6-5-9-16-10-14/h5-6,9-10,12-13H,7-8,11H2,1-4H3,(H,17,19)/t13-/m1/s1. The Bertz CT molecular complexity index is 573. The van der Waals surface area contributed by atoms with E-state index in [4.69, 9.17) is 0 Å². The maximum atomic E-state index is 12.3. The molecule has 1 atom stereocenters. The van der Waals surface area contributed by atoms with Gasteiger partial charge in [0.25, 0.3) is 0 Å². The lowest BCUT2D eigenvalue weighted by Gasteiger charge is -2.19. The average Bonchev–Trinajstić information content (AvgIpc) is 2.45. The van der Waals surface area contributed by atoms with Crippen LogP contribution in [0.4, 0.5) is 0 Å². The van der Waals surface area contributed by atoms with Crippen LogP contribution in [0.1, 0.15) is 33.6 Å². The summed E-state index contributed by atoms with van der Waals surface area (Å²) >= 11 is 0. The quantitative estimate of drug-likeness (QED) is 0.787. The molecule has 6 nitrogen and oxygen atoms in total. The number of rotatable bonds is 8. The van der Waals surface area contributed by atoms with Gasteiger partial charge in [0.1, 0.15) is 4.90 Å². The van der Waals surface area contributed by atoms with Gasteiger partial charge in [-0.15, -0.1) is 0 Å². The molecular formula is C15H25N3O3S. The first-order valence-electron chi connectivity index (χ1n) is 7.39. The lowest BCUT2D eigenvalue weighted by molar-refractivity contribution is -0.121. The maximum absolute atomic E-state index is 12.3. The summed E-state index contributed by atoms with van der Waals surface area (Å²) in [5, 5.41) is 2.83. The molecule has 0 fully saturated rings. The predicted octanol–water partition coefficient (Wildman–Crippen LogP) is 1.64. The van der Waals surface area contributed by atoms with Gasteiger partial charge >= 0.3 is 0 Å². The predicted molar refractivity (Wildman–Crippen MR) is 85.7 cm³/mol. The smallest absolute Gasteiger partial charge is 0.244 e. The fourth-order valence-electron chi connectivity index (χ4n) is 1.94. The summed E-state index contributed by atoms with van der Waals surface area (Å²) < 4.78 is 25.6. The van der Waals surface area contributed by atoms with Crippen molar-refractivity contribution >= 4 is 15.9 Å². The van der Waals surface area contributed by atoms with Crippen LogP contribution in [0.5, 0.6) is 0 Å². The van der Waals surface area contributed by atoms with Crippen LogP contribution in [0.3, 0.4) is 0 Å². The van der Waals surface area contributed by atoms with Crippen molar-refractivity contribution < 1.29 is 13.2 Å². The number of carbonyl (C=O) groups excluding carboxylic acids is 1. The van der Waals surface area contributed by atoms with Crippen LogP contribution in [0, 0.1) is 5.92 Å². The third-order valence-electron chi connectivity index (χ3n) is 3.29. The number of hydrogen-bond acceptors (Lipinski definition) is 4. The van der Waals surface area contributed by atoms with E-state index in [0.717, 1.165) is 17.1 Å². The molecule has 22 heavy (non-hydrogen) atoms. The molecule has 0 aliphatic carbocycles. The number of amides is 1. The van der Waals surface area contributed by atoms with E-state index in [1.165, 1.54) is 25.5 Å². The molecule has 0 bridgehead atoms. The number of aromatic nitrogens is 1. The number of nitrogens with zero attached hydrogens (tertiary/aromatic N) is 2. The molecule has 7 heteroatoms. The highest BCUT2D eigenvalue weighted by molar-refractivity contribution is 7.89. The summed E-state index contributed by atoms with van der Waals surface area (Å²) in [7, 11) is -2.30. The highest BCUT2D eigenvalue weighted by Gasteiger charge is 2.23. The molecule has 0 aliphatic rings. The Kier molecular flexibility index (Phi) is 6.96. The summed E-state index contributed by atoms with van der Waals surface area (Å²) in [6.45, 7) is 5.98. The van der Waals surface area contributed by atoms with Crippen molar-refractivity contribution in [3.63, 3.8) is 0 Å². The normalized spacial score (nSPS) is 13.4. The zero-order valence-corrected chi connectivity index (χ0v) is 14.4. The Morgan fingerprint density at radius 2 is 2.00 bits per heavy atom. The van der Waals surface area contributed by atoms with Gasteiger partial charge in [-0.25, -0.2) is 8.42 Å². The lowest BCUT2D eigenvalue weighted by atomic mass is 10.0. The van der Waals surface area contributed by atoms with E-state index in [1.807, 2.05) is 6.92 Å². The van der Waals surface area contributed by atoms with Crippen molar-refractivity contribution in [1.82, 2.24) is 14.6 Å². The van der Waals surface area contributed by atoms with Crippen molar-refractivity contribution in [3.05, 3.63) is 24.5 Å². The molecule has 1 aromatic rings. The first-order valence-corrected chi connectivity index (χ1v) is 8.83. The number of sulfonamides is 1. The van der Waals surface area contributed by atoms with Crippen molar-refractivity contribution in [1.29, 1.82) is 0 Å². The summed E-state index contributed by atoms with van der Waals surface area (Å²) in [4.78, 5) is 15.8. The van der Waals surface area contributed by atoms with Crippen LogP contribution < -0.4 is 5.32 Å². The Labute approximate surface area is 133 Å². The second-order valence-electron chi connectivity index (χ2n) is 5.89. The number of likely N-dealkylation sites (N-methyl/N-ethyl adjacent to an activating group) is 1. The van der Waals surface area contributed by atoms with E-state index in [1.54, 1.807) is 6.07 Å². The third-order valence-corrected chi connectivity index (χ3v) is 5.08. The molecule has 1 amide bonds. The zero-order chi connectivity index (χ0) is 16.8. The largest absolute Gasteiger partial charge is 0.353 e. The molecule has 124 valence electrons. The van der Waals surface area contributed by atoms with E-state index < -0.39 is 10.0 Å². The summed E-state index contributed by atoms with van der Waals surface area (Å²) in [6.07, 6.45) is 4.67. The van der Waals surface area contributed by atoms with Gasteiger partial charge in [-0.1, -0.05) is 13.8 Å². The fraction of sp³-hybridized carbons (Fsp3) is 0.600. The number of carbonyl (C=O) groups is 1. The van der Waals surface area contributed by atoms with Gasteiger partial charge in [-0.3, -0.25) is 9.78 Å². The van der Waals surface area contributed by atoms with Crippen LogP contribution >= 0.6 is 0 Å². The Morgan fingerprint density at radius 1 is 1.32 bits per heavy atom. The average molecular weight is 327 g/mol. The second kappa shape index (κ2) is 8.24. The number of hydrogen-bond donors (Lipinski definition) is 1. The van der Waals surface area contributed by atoms with Crippen LogP contribution in [-0.4, -0.2) is 43.2 Å². The molecule has 1 heterocycles. The van der Waals surface area contributed by atoms with Crippen LogP contribution in [0.25, 0.3) is 0 Å². The summed E-state index contributed by atoms with van der Waals surface area (Å²) in [6, 6.07) is 3.04. The summed E-state index contributed by atoms with van der Waals surface area (Å²) in [5.74, 6) is 0.277. The van der Waals surface area contributed by atoms with Gasteiger partial charge in [0, 0.05) is 25.5 Å². The minimum atomic E-state index is -3.69. The van der Waals surface area contributed by atoms with E-state index in [0.29, 0.717) is 5.92 Å². The van der Waals surface area contributed by atoms with Crippen LogP contribution in [0.15, 0.2) is 29.4 Å². The molecule has 1 rings (SSSR count). The highest BCUT2D eigenvalue weighted by atomic mass is 32.2. The van der Waals surface area contributed by atoms with Gasteiger partial charge in [-0.05, 0) is 37.8 Å². The van der Waals surface area contributed by atoms with Crippen molar-refractivity contribution in [2.75, 3.05) is 13.6 Å². The molecule has 0 aliphatic heterocycles. The molecule has 1 N–H and O–H groups in total. The summed E-state index contributed by atoms with van der Waals surface area (Å²) in [5.41, 5.74) is 0. The van der Waals surface area contributed by atoms with Gasteiger partial charge in [-0.2, -0.15) is 4.31 Å². The SMILES string of the molecule is CC(C)CC[C@@H](C)NC(=O)CN(C)S(=O)(=O)c1cccnc1. The van der Waals surface area contributed by atoms with Gasteiger partial charge in [0.05, 0.1) is 6.54 Å². The maximum Gasteiger partial charge on any atom is 0.244 e. The van der Waals surface area contributed by atoms with E-state index >= 15 is 0 Å². The minimum absolute atomic E-state index is 0.0318. The van der Waals surface area contributed by atoms with E-state index in [-0.39, 0.29) is 23.4 Å². The van der Waals surface area contributed by atoms with E-state index in [9.17, 15) is 13.2 Å². The van der Waals surface area contributed by atoms with Gasteiger partial charge in [0.2, 0.25) is 15.9 Å². The van der Waals surface area contributed by atoms with Crippen molar-refractivity contribution in [3.8, 4) is 0 Å². The monoisotopic (exact) mass is 327 g/mol. The second-order valence-corrected chi connectivity index (χ2v) is 7.93. The minimum Gasteiger partial charge on any atom is -0.353 e. The first-order chi connectivity index (χ1) is 10.2. The molecular weight excluding hydrogens is 302 g/mol. The van der Waals surface area contributed by atoms with Crippen molar-refractivity contribution in [2.45, 2.75) is 44.6 Å². The Hall–Kier alpha value is -1.47. The molecule has 0 radical (unpaired) electrons. The molecule has 0 saturated heterocycles. The molecule has 1 aromatic heterocycles. The van der Waals surface area contributed by atoms with E-state index in [2.05, 4.69) is 24.1 Å². The van der Waals surface area contributed by atoms with Gasteiger partial charge < -0.3 is 5.32 Å². The Morgan fingerprint density at radius 3 is 2.55 bits per heavy atom. The fourth-order valence-corrected chi connectivity index (χ4v) is 3.03. The highest BCUT2D eigenvalue weighted by Crippen LogP contribution is 2.12. The molecule has 0 saturated carbocycles. The number of pyridine rings is 1. The van der Waals surface area contributed by atoms with Gasteiger partial charge in [0.15, 0.2) is 0 Å². The topological polar surface area (TPSA) is 79.4 Å². The lowest BCUT2D eigenvalue weighted by Crippen LogP contribution is -2.41. The van der Waals surface area contributed by atoms with Crippen LogP contribution in [-0.2, 0) is 14.8 Å². The van der Waals surface area contributed by atoms with Crippen molar-refractivity contribution in [2.24, 2.45) is 5.92 Å².